The lowest BCUT2D eigenvalue weighted by Crippen LogP contribution is -2.21. The van der Waals surface area contributed by atoms with Crippen LogP contribution in [0.1, 0.15) is 24.1 Å². The number of alkyl halides is 2. The van der Waals surface area contributed by atoms with Crippen molar-refractivity contribution in [2.24, 2.45) is 0 Å². The van der Waals surface area contributed by atoms with Gasteiger partial charge in [0.15, 0.2) is 0 Å². The third-order valence-corrected chi connectivity index (χ3v) is 3.61. The number of halogens is 2. The Kier molecular flexibility index (Phi) is 6.35. The van der Waals surface area contributed by atoms with E-state index in [4.69, 9.17) is 4.74 Å². The van der Waals surface area contributed by atoms with E-state index in [-0.39, 0.29) is 11.8 Å². The molecule has 2 rings (SSSR count). The summed E-state index contributed by atoms with van der Waals surface area (Å²) in [5.41, 5.74) is 2.12. The lowest BCUT2D eigenvalue weighted by Gasteiger charge is -2.15. The number of hydrogen-bond acceptors (Lipinski definition) is 3. The van der Waals surface area contributed by atoms with Gasteiger partial charge < -0.3 is 14.8 Å². The fourth-order valence-corrected chi connectivity index (χ4v) is 2.30. The minimum atomic E-state index is -2.80. The lowest BCUT2D eigenvalue weighted by molar-refractivity contribution is -0.0499. The van der Waals surface area contributed by atoms with Crippen molar-refractivity contribution < 1.29 is 18.3 Å². The van der Waals surface area contributed by atoms with E-state index >= 15 is 0 Å². The summed E-state index contributed by atoms with van der Waals surface area (Å²) in [4.78, 5) is 0. The summed E-state index contributed by atoms with van der Waals surface area (Å²) in [5.74, 6) is 1.02. The maximum Gasteiger partial charge on any atom is 0.387 e. The summed E-state index contributed by atoms with van der Waals surface area (Å²) in [6.07, 6.45) is 0.877. The Bertz CT molecular complexity index is 602. The maximum absolute atomic E-state index is 12.3. The highest BCUT2D eigenvalue weighted by Gasteiger charge is 2.08. The minimum absolute atomic E-state index is 0.0504. The average molecular weight is 321 g/mol. The van der Waals surface area contributed by atoms with Crippen molar-refractivity contribution in [1.29, 1.82) is 0 Å². The second-order valence-corrected chi connectivity index (χ2v) is 5.22. The Hall–Kier alpha value is -2.14. The van der Waals surface area contributed by atoms with E-state index in [2.05, 4.69) is 10.1 Å². The standard InChI is InChI=1S/C18H21F2NO2/c1-13(15-4-3-5-17(12-15)23-18(19)20)21-11-10-14-6-8-16(22-2)9-7-14/h3-9,12-13,18,21H,10-11H2,1-2H3. The van der Waals surface area contributed by atoms with Gasteiger partial charge in [-0.05, 0) is 55.3 Å². The van der Waals surface area contributed by atoms with Crippen molar-refractivity contribution in [2.45, 2.75) is 26.0 Å². The highest BCUT2D eigenvalue weighted by molar-refractivity contribution is 5.30. The van der Waals surface area contributed by atoms with E-state index in [0.717, 1.165) is 24.3 Å². The van der Waals surface area contributed by atoms with E-state index in [1.807, 2.05) is 37.3 Å². The van der Waals surface area contributed by atoms with Crippen LogP contribution < -0.4 is 14.8 Å². The number of methoxy groups -OCH3 is 1. The number of rotatable bonds is 8. The zero-order valence-corrected chi connectivity index (χ0v) is 13.3. The molecule has 124 valence electrons. The molecule has 0 amide bonds. The molecule has 0 aliphatic carbocycles. The predicted molar refractivity (Wildman–Crippen MR) is 86.2 cm³/mol. The van der Waals surface area contributed by atoms with Crippen LogP contribution in [0.15, 0.2) is 48.5 Å². The summed E-state index contributed by atoms with van der Waals surface area (Å²) < 4.78 is 34.1. The molecule has 2 aromatic carbocycles. The summed E-state index contributed by atoms with van der Waals surface area (Å²) in [6.45, 7) is -0.0215. The molecule has 0 bridgehead atoms. The fourth-order valence-electron chi connectivity index (χ4n) is 2.30. The predicted octanol–water partition coefficient (Wildman–Crippen LogP) is 4.19. The van der Waals surface area contributed by atoms with Crippen LogP contribution in [0.3, 0.4) is 0 Å². The molecule has 5 heteroatoms. The van der Waals surface area contributed by atoms with E-state index in [9.17, 15) is 8.78 Å². The smallest absolute Gasteiger partial charge is 0.387 e. The van der Waals surface area contributed by atoms with Crippen LogP contribution in [-0.2, 0) is 6.42 Å². The van der Waals surface area contributed by atoms with Gasteiger partial charge in [-0.15, -0.1) is 0 Å². The summed E-state index contributed by atoms with van der Waals surface area (Å²) in [7, 11) is 1.64. The van der Waals surface area contributed by atoms with Gasteiger partial charge in [0, 0.05) is 6.04 Å². The SMILES string of the molecule is COc1ccc(CCNC(C)c2cccc(OC(F)F)c2)cc1. The third-order valence-electron chi connectivity index (χ3n) is 3.61. The van der Waals surface area contributed by atoms with Crippen LogP contribution in [0.4, 0.5) is 8.78 Å². The van der Waals surface area contributed by atoms with Crippen molar-refractivity contribution in [1.82, 2.24) is 5.32 Å². The largest absolute Gasteiger partial charge is 0.497 e. The second-order valence-electron chi connectivity index (χ2n) is 5.22. The molecule has 0 aliphatic rings. The molecule has 0 aliphatic heterocycles. The van der Waals surface area contributed by atoms with Crippen LogP contribution >= 0.6 is 0 Å². The molecule has 0 aromatic heterocycles. The number of benzene rings is 2. The first kappa shape index (κ1) is 17.2. The molecule has 0 saturated carbocycles. The molecule has 0 radical (unpaired) electrons. The van der Waals surface area contributed by atoms with Crippen LogP contribution in [0.25, 0.3) is 0 Å². The van der Waals surface area contributed by atoms with E-state index < -0.39 is 6.61 Å². The molecule has 23 heavy (non-hydrogen) atoms. The highest BCUT2D eigenvalue weighted by atomic mass is 19.3. The zero-order chi connectivity index (χ0) is 16.7. The fraction of sp³-hybridized carbons (Fsp3) is 0.333. The van der Waals surface area contributed by atoms with Gasteiger partial charge in [-0.1, -0.05) is 24.3 Å². The Morgan fingerprint density at radius 3 is 2.43 bits per heavy atom. The molecule has 3 nitrogen and oxygen atoms in total. The normalized spacial score (nSPS) is 12.2. The molecule has 2 aromatic rings. The van der Waals surface area contributed by atoms with Crippen molar-refractivity contribution in [3.8, 4) is 11.5 Å². The Labute approximate surface area is 135 Å². The number of nitrogens with one attached hydrogen (secondary N) is 1. The second kappa shape index (κ2) is 8.48. The molecular formula is C18H21F2NO2. The van der Waals surface area contributed by atoms with Crippen molar-refractivity contribution in [2.75, 3.05) is 13.7 Å². The zero-order valence-electron chi connectivity index (χ0n) is 13.3. The number of ether oxygens (including phenoxy) is 2. The van der Waals surface area contributed by atoms with Crippen LogP contribution in [-0.4, -0.2) is 20.3 Å². The van der Waals surface area contributed by atoms with Gasteiger partial charge >= 0.3 is 6.61 Å². The van der Waals surface area contributed by atoms with Crippen LogP contribution in [0.2, 0.25) is 0 Å². The van der Waals surface area contributed by atoms with E-state index in [1.54, 1.807) is 19.2 Å². The number of hydrogen-bond donors (Lipinski definition) is 1. The Morgan fingerprint density at radius 2 is 1.78 bits per heavy atom. The molecule has 0 spiro atoms. The third kappa shape index (κ3) is 5.53. The van der Waals surface area contributed by atoms with Gasteiger partial charge in [0.1, 0.15) is 11.5 Å². The first-order valence-electron chi connectivity index (χ1n) is 7.49. The molecule has 0 fully saturated rings. The van der Waals surface area contributed by atoms with Gasteiger partial charge in [-0.2, -0.15) is 8.78 Å². The monoisotopic (exact) mass is 321 g/mol. The lowest BCUT2D eigenvalue weighted by atomic mass is 10.1. The molecule has 1 unspecified atom stereocenters. The summed E-state index contributed by atoms with van der Waals surface area (Å²) >= 11 is 0. The van der Waals surface area contributed by atoms with Gasteiger partial charge in [-0.25, -0.2) is 0 Å². The van der Waals surface area contributed by atoms with Crippen molar-refractivity contribution in [3.05, 3.63) is 59.7 Å². The quantitative estimate of drug-likeness (QED) is 0.791. The topological polar surface area (TPSA) is 30.5 Å². The van der Waals surface area contributed by atoms with Crippen LogP contribution in [0.5, 0.6) is 11.5 Å². The molecule has 1 atom stereocenters. The minimum Gasteiger partial charge on any atom is -0.497 e. The molecular weight excluding hydrogens is 300 g/mol. The molecule has 0 heterocycles. The molecule has 0 saturated heterocycles. The van der Waals surface area contributed by atoms with Gasteiger partial charge in [0.05, 0.1) is 7.11 Å². The Balaban J connectivity index is 1.85. The van der Waals surface area contributed by atoms with E-state index in [1.165, 1.54) is 11.6 Å². The highest BCUT2D eigenvalue weighted by Crippen LogP contribution is 2.20. The first-order chi connectivity index (χ1) is 11.1. The van der Waals surface area contributed by atoms with Crippen molar-refractivity contribution >= 4 is 0 Å². The summed E-state index contributed by atoms with van der Waals surface area (Å²) in [6, 6.07) is 14.8. The van der Waals surface area contributed by atoms with E-state index in [0.29, 0.717) is 0 Å². The first-order valence-corrected chi connectivity index (χ1v) is 7.49. The van der Waals surface area contributed by atoms with Crippen molar-refractivity contribution in [3.63, 3.8) is 0 Å². The Morgan fingerprint density at radius 1 is 1.04 bits per heavy atom. The summed E-state index contributed by atoms with van der Waals surface area (Å²) in [5, 5.41) is 3.38. The maximum atomic E-state index is 12.3. The van der Waals surface area contributed by atoms with Crippen LogP contribution in [0, 0.1) is 0 Å². The van der Waals surface area contributed by atoms with Gasteiger partial charge in [-0.3, -0.25) is 0 Å². The molecule has 1 N–H and O–H groups in total. The van der Waals surface area contributed by atoms with Gasteiger partial charge in [0.25, 0.3) is 0 Å². The van der Waals surface area contributed by atoms with Gasteiger partial charge in [0.2, 0.25) is 0 Å². The average Bonchev–Trinajstić information content (AvgIpc) is 2.55.